The number of benzene rings is 1. The van der Waals surface area contributed by atoms with Crippen LogP contribution in [0.1, 0.15) is 44.1 Å². The molecule has 0 spiro atoms. The van der Waals surface area contributed by atoms with Crippen molar-refractivity contribution >= 4 is 17.6 Å². The second kappa shape index (κ2) is 9.44. The lowest BCUT2D eigenvalue weighted by Gasteiger charge is -2.31. The summed E-state index contributed by atoms with van der Waals surface area (Å²) in [6.07, 6.45) is 7.54. The van der Waals surface area contributed by atoms with E-state index < -0.39 is 0 Å². The van der Waals surface area contributed by atoms with Crippen molar-refractivity contribution in [3.8, 4) is 0 Å². The molecule has 0 atom stereocenters. The van der Waals surface area contributed by atoms with E-state index in [1.807, 2.05) is 12.1 Å². The molecule has 5 heteroatoms. The van der Waals surface area contributed by atoms with Gasteiger partial charge in [-0.25, -0.2) is 0 Å². The van der Waals surface area contributed by atoms with Gasteiger partial charge in [0, 0.05) is 31.2 Å². The summed E-state index contributed by atoms with van der Waals surface area (Å²) in [7, 11) is 0. The van der Waals surface area contributed by atoms with Crippen LogP contribution in [0.15, 0.2) is 29.3 Å². The average Bonchev–Trinajstić information content (AvgIpc) is 2.92. The Labute approximate surface area is 157 Å². The van der Waals surface area contributed by atoms with Gasteiger partial charge in [-0.15, -0.1) is 0 Å². The summed E-state index contributed by atoms with van der Waals surface area (Å²) in [6.45, 7) is 6.22. The highest BCUT2D eigenvalue weighted by molar-refractivity contribution is 6.31. The number of piperidine rings is 1. The number of aliphatic imine (C=N–C) groups is 1. The van der Waals surface area contributed by atoms with Crippen LogP contribution in [-0.2, 0) is 6.54 Å². The second-order valence-electron chi connectivity index (χ2n) is 7.41. The van der Waals surface area contributed by atoms with Crippen molar-refractivity contribution in [1.29, 1.82) is 0 Å². The highest BCUT2D eigenvalue weighted by Gasteiger charge is 2.20. The lowest BCUT2D eigenvalue weighted by molar-refractivity contribution is 0.180. The maximum absolute atomic E-state index is 6.28. The maximum Gasteiger partial charge on any atom is 0.191 e. The monoisotopic (exact) mass is 362 g/mol. The Morgan fingerprint density at radius 1 is 1.04 bits per heavy atom. The van der Waals surface area contributed by atoms with E-state index in [1.54, 1.807) is 0 Å². The molecule has 0 aromatic heterocycles. The van der Waals surface area contributed by atoms with Gasteiger partial charge in [0.1, 0.15) is 0 Å². The number of hydrogen-bond acceptors (Lipinski definition) is 2. The summed E-state index contributed by atoms with van der Waals surface area (Å²) in [5, 5.41) is 0.874. The molecule has 2 fully saturated rings. The molecular weight excluding hydrogens is 332 g/mol. The Morgan fingerprint density at radius 3 is 2.40 bits per heavy atom. The predicted molar refractivity (Wildman–Crippen MR) is 106 cm³/mol. The Hall–Kier alpha value is -1.26. The fraction of sp³-hybridized carbons (Fsp3) is 0.650. The van der Waals surface area contributed by atoms with E-state index in [0.29, 0.717) is 5.92 Å². The van der Waals surface area contributed by atoms with Crippen LogP contribution in [0.25, 0.3) is 0 Å². The predicted octanol–water partition coefficient (Wildman–Crippen LogP) is 3.74. The third-order valence-corrected chi connectivity index (χ3v) is 5.87. The molecule has 0 amide bonds. The smallest absolute Gasteiger partial charge is 0.191 e. The van der Waals surface area contributed by atoms with Gasteiger partial charge >= 0.3 is 0 Å². The number of likely N-dealkylation sites (tertiary alicyclic amines) is 2. The molecule has 2 N–H and O–H groups in total. The van der Waals surface area contributed by atoms with Crippen molar-refractivity contribution in [3.63, 3.8) is 0 Å². The molecular formula is C20H31ClN4. The van der Waals surface area contributed by atoms with Crippen molar-refractivity contribution in [2.24, 2.45) is 16.6 Å². The SMILES string of the molecule is NC(=NCC1CCN(Cc2ccccc2Cl)CC1)N1CCCCCC1. The summed E-state index contributed by atoms with van der Waals surface area (Å²) in [4.78, 5) is 9.49. The molecule has 25 heavy (non-hydrogen) atoms. The van der Waals surface area contributed by atoms with Gasteiger partial charge in [-0.1, -0.05) is 42.6 Å². The van der Waals surface area contributed by atoms with Crippen LogP contribution in [0.4, 0.5) is 0 Å². The van der Waals surface area contributed by atoms with E-state index in [4.69, 9.17) is 22.3 Å². The first kappa shape index (κ1) is 18.5. The van der Waals surface area contributed by atoms with Crippen LogP contribution in [-0.4, -0.2) is 48.5 Å². The largest absolute Gasteiger partial charge is 0.370 e. The van der Waals surface area contributed by atoms with Gasteiger partial charge in [0.15, 0.2) is 5.96 Å². The fourth-order valence-electron chi connectivity index (χ4n) is 3.82. The number of nitrogens with zero attached hydrogens (tertiary/aromatic N) is 3. The van der Waals surface area contributed by atoms with Gasteiger partial charge in [-0.3, -0.25) is 9.89 Å². The maximum atomic E-state index is 6.28. The lowest BCUT2D eigenvalue weighted by atomic mass is 9.96. The van der Waals surface area contributed by atoms with Crippen molar-refractivity contribution < 1.29 is 0 Å². The molecule has 0 saturated carbocycles. The van der Waals surface area contributed by atoms with Crippen LogP contribution in [0.3, 0.4) is 0 Å². The Balaban J connectivity index is 1.43. The summed E-state index contributed by atoms with van der Waals surface area (Å²) in [5.41, 5.74) is 7.46. The molecule has 2 heterocycles. The molecule has 3 rings (SSSR count). The lowest BCUT2D eigenvalue weighted by Crippen LogP contribution is -2.39. The standard InChI is InChI=1S/C20H31ClN4/c21-19-8-4-3-7-18(19)16-24-13-9-17(10-14-24)15-23-20(22)25-11-5-1-2-6-12-25/h3-4,7-8,17H,1-2,5-6,9-16H2,(H2,22,23). The van der Waals surface area contributed by atoms with Gasteiger partial charge in [-0.05, 0) is 56.3 Å². The zero-order chi connectivity index (χ0) is 17.5. The third-order valence-electron chi connectivity index (χ3n) is 5.50. The molecule has 4 nitrogen and oxygen atoms in total. The van der Waals surface area contributed by atoms with Crippen LogP contribution >= 0.6 is 11.6 Å². The van der Waals surface area contributed by atoms with Crippen LogP contribution in [0.5, 0.6) is 0 Å². The van der Waals surface area contributed by atoms with Gasteiger partial charge < -0.3 is 10.6 Å². The quantitative estimate of drug-likeness (QED) is 0.655. The van der Waals surface area contributed by atoms with Crippen LogP contribution in [0, 0.1) is 5.92 Å². The van der Waals surface area contributed by atoms with E-state index in [2.05, 4.69) is 21.9 Å². The van der Waals surface area contributed by atoms with Crippen molar-refractivity contribution in [2.45, 2.75) is 45.1 Å². The topological polar surface area (TPSA) is 44.9 Å². The first-order valence-corrected chi connectivity index (χ1v) is 10.1. The van der Waals surface area contributed by atoms with Crippen molar-refractivity contribution in [3.05, 3.63) is 34.9 Å². The normalized spacial score (nSPS) is 21.3. The highest BCUT2D eigenvalue weighted by Crippen LogP contribution is 2.22. The van der Waals surface area contributed by atoms with Gasteiger partial charge in [0.2, 0.25) is 0 Å². The number of guanidine groups is 1. The molecule has 2 saturated heterocycles. The van der Waals surface area contributed by atoms with E-state index in [-0.39, 0.29) is 0 Å². The average molecular weight is 363 g/mol. The second-order valence-corrected chi connectivity index (χ2v) is 7.82. The van der Waals surface area contributed by atoms with E-state index >= 15 is 0 Å². The minimum absolute atomic E-state index is 0.660. The molecule has 0 bridgehead atoms. The molecule has 138 valence electrons. The van der Waals surface area contributed by atoms with Gasteiger partial charge in [-0.2, -0.15) is 0 Å². The summed E-state index contributed by atoms with van der Waals surface area (Å²) in [6, 6.07) is 8.16. The van der Waals surface area contributed by atoms with Gasteiger partial charge in [0.25, 0.3) is 0 Å². The van der Waals surface area contributed by atoms with Crippen LogP contribution in [0.2, 0.25) is 5.02 Å². The minimum atomic E-state index is 0.660. The Kier molecular flexibility index (Phi) is 7.00. The number of nitrogens with two attached hydrogens (primary N) is 1. The zero-order valence-electron chi connectivity index (χ0n) is 15.2. The van der Waals surface area contributed by atoms with Crippen molar-refractivity contribution in [2.75, 3.05) is 32.7 Å². The molecule has 0 unspecified atom stereocenters. The Morgan fingerprint density at radius 2 is 1.72 bits per heavy atom. The highest BCUT2D eigenvalue weighted by atomic mass is 35.5. The molecule has 1 aromatic rings. The first-order chi connectivity index (χ1) is 12.2. The molecule has 1 aromatic carbocycles. The van der Waals surface area contributed by atoms with Gasteiger partial charge in [0.05, 0.1) is 0 Å². The van der Waals surface area contributed by atoms with E-state index in [1.165, 1.54) is 44.1 Å². The molecule has 0 radical (unpaired) electrons. The zero-order valence-corrected chi connectivity index (χ0v) is 15.9. The molecule has 0 aliphatic carbocycles. The van der Waals surface area contributed by atoms with E-state index in [9.17, 15) is 0 Å². The van der Waals surface area contributed by atoms with Crippen molar-refractivity contribution in [1.82, 2.24) is 9.80 Å². The minimum Gasteiger partial charge on any atom is -0.370 e. The molecule has 2 aliphatic heterocycles. The summed E-state index contributed by atoms with van der Waals surface area (Å²) < 4.78 is 0. The first-order valence-electron chi connectivity index (χ1n) is 9.73. The number of rotatable bonds is 4. The Bertz CT molecular complexity index is 559. The molecule has 2 aliphatic rings. The summed E-state index contributed by atoms with van der Waals surface area (Å²) >= 11 is 6.28. The van der Waals surface area contributed by atoms with E-state index in [0.717, 1.165) is 50.3 Å². The number of halogens is 1. The van der Waals surface area contributed by atoms with Crippen LogP contribution < -0.4 is 5.73 Å². The fourth-order valence-corrected chi connectivity index (χ4v) is 4.01. The third kappa shape index (κ3) is 5.61. The summed E-state index contributed by atoms with van der Waals surface area (Å²) in [5.74, 6) is 1.42. The number of hydrogen-bond donors (Lipinski definition) is 1.